The van der Waals surface area contributed by atoms with E-state index in [9.17, 15) is 4.39 Å². The van der Waals surface area contributed by atoms with Gasteiger partial charge in [0, 0.05) is 11.7 Å². The summed E-state index contributed by atoms with van der Waals surface area (Å²) < 4.78 is 13.5. The van der Waals surface area contributed by atoms with E-state index in [1.807, 2.05) is 12.1 Å². The minimum Gasteiger partial charge on any atom is -0.382 e. The Morgan fingerprint density at radius 3 is 2.79 bits per heavy atom. The van der Waals surface area contributed by atoms with E-state index in [0.717, 1.165) is 17.2 Å². The molecule has 2 unspecified atom stereocenters. The Morgan fingerprint density at radius 2 is 2.05 bits per heavy atom. The van der Waals surface area contributed by atoms with Crippen LogP contribution in [0.1, 0.15) is 57.4 Å². The van der Waals surface area contributed by atoms with Crippen LogP contribution in [-0.4, -0.2) is 6.04 Å². The molecule has 0 heterocycles. The average Bonchev–Trinajstić information content (AvgIpc) is 2.60. The zero-order chi connectivity index (χ0) is 13.7. The molecule has 1 nitrogen and oxygen atoms in total. The number of hydrogen-bond donors (Lipinski definition) is 1. The maximum Gasteiger partial charge on any atom is 0.128 e. The molecule has 1 N–H and O–H groups in total. The summed E-state index contributed by atoms with van der Waals surface area (Å²) in [6, 6.07) is 5.99. The number of hydrogen-bond acceptors (Lipinski definition) is 1. The molecule has 1 aromatic carbocycles. The van der Waals surface area contributed by atoms with Gasteiger partial charge in [-0.1, -0.05) is 38.7 Å². The van der Waals surface area contributed by atoms with Gasteiger partial charge < -0.3 is 5.32 Å². The summed E-state index contributed by atoms with van der Waals surface area (Å²) in [5.41, 5.74) is 1.65. The van der Waals surface area contributed by atoms with Crippen LogP contribution in [-0.2, 0) is 0 Å². The van der Waals surface area contributed by atoms with Crippen molar-refractivity contribution in [3.63, 3.8) is 0 Å². The van der Waals surface area contributed by atoms with E-state index in [0.29, 0.717) is 6.04 Å². The van der Waals surface area contributed by atoms with Crippen molar-refractivity contribution in [1.29, 1.82) is 0 Å². The molecule has 0 aliphatic heterocycles. The van der Waals surface area contributed by atoms with Crippen LogP contribution in [0.15, 0.2) is 18.2 Å². The summed E-state index contributed by atoms with van der Waals surface area (Å²) in [6.45, 7) is 4.08. The molecule has 1 aliphatic carbocycles. The summed E-state index contributed by atoms with van der Waals surface area (Å²) in [7, 11) is 0. The van der Waals surface area contributed by atoms with E-state index >= 15 is 0 Å². The third kappa shape index (κ3) is 4.22. The summed E-state index contributed by atoms with van der Waals surface area (Å²) in [5, 5.41) is 3.51. The van der Waals surface area contributed by atoms with Gasteiger partial charge in [0.1, 0.15) is 5.82 Å². The fourth-order valence-corrected chi connectivity index (χ4v) is 3.14. The van der Waals surface area contributed by atoms with Gasteiger partial charge in [-0.25, -0.2) is 4.39 Å². The number of aryl methyl sites for hydroxylation is 1. The number of nitrogens with one attached hydrogen (secondary N) is 1. The molecule has 1 aliphatic rings. The fraction of sp³-hybridized carbons (Fsp3) is 0.647. The lowest BCUT2D eigenvalue weighted by atomic mass is 9.95. The molecule has 1 aromatic rings. The second kappa shape index (κ2) is 6.93. The van der Waals surface area contributed by atoms with Gasteiger partial charge >= 0.3 is 0 Å². The molecule has 2 heteroatoms. The molecule has 106 valence electrons. The van der Waals surface area contributed by atoms with Crippen molar-refractivity contribution in [2.24, 2.45) is 5.92 Å². The smallest absolute Gasteiger partial charge is 0.128 e. The van der Waals surface area contributed by atoms with Crippen molar-refractivity contribution in [3.05, 3.63) is 29.6 Å². The second-order valence-corrected chi connectivity index (χ2v) is 5.97. The standard InChI is InChI=1S/C17H26FN/c1-3-5-14-6-4-7-15(11-9-14)19-16-10-8-13(2)17(18)12-16/h8,10,12,14-15,19H,3-7,9,11H2,1-2H3. The van der Waals surface area contributed by atoms with E-state index in [2.05, 4.69) is 12.2 Å². The number of anilines is 1. The van der Waals surface area contributed by atoms with Crippen molar-refractivity contribution < 1.29 is 4.39 Å². The van der Waals surface area contributed by atoms with Gasteiger partial charge in [0.25, 0.3) is 0 Å². The predicted molar refractivity (Wildman–Crippen MR) is 80.0 cm³/mol. The van der Waals surface area contributed by atoms with Crippen LogP contribution in [0.2, 0.25) is 0 Å². The number of rotatable bonds is 4. The largest absolute Gasteiger partial charge is 0.382 e. The molecule has 2 rings (SSSR count). The molecule has 0 spiro atoms. The quantitative estimate of drug-likeness (QED) is 0.727. The Labute approximate surface area is 116 Å². The SMILES string of the molecule is CCCC1CCCC(Nc2ccc(C)c(F)c2)CC1. The summed E-state index contributed by atoms with van der Waals surface area (Å²) >= 11 is 0. The Hall–Kier alpha value is -1.05. The second-order valence-electron chi connectivity index (χ2n) is 5.97. The van der Waals surface area contributed by atoms with Gasteiger partial charge in [0.2, 0.25) is 0 Å². The number of halogens is 1. The van der Waals surface area contributed by atoms with E-state index < -0.39 is 0 Å². The van der Waals surface area contributed by atoms with Crippen molar-refractivity contribution in [2.75, 3.05) is 5.32 Å². The van der Waals surface area contributed by atoms with Crippen LogP contribution in [0.5, 0.6) is 0 Å². The Kier molecular flexibility index (Phi) is 5.24. The van der Waals surface area contributed by atoms with Gasteiger partial charge in [0.15, 0.2) is 0 Å². The highest BCUT2D eigenvalue weighted by atomic mass is 19.1. The molecule has 1 fully saturated rings. The lowest BCUT2D eigenvalue weighted by Crippen LogP contribution is -2.18. The molecule has 0 amide bonds. The molecular formula is C17H26FN. The Balaban J connectivity index is 1.90. The van der Waals surface area contributed by atoms with E-state index in [1.54, 1.807) is 13.0 Å². The summed E-state index contributed by atoms with van der Waals surface area (Å²) in [4.78, 5) is 0. The molecule has 0 radical (unpaired) electrons. The lowest BCUT2D eigenvalue weighted by Gasteiger charge is -2.18. The number of benzene rings is 1. The van der Waals surface area contributed by atoms with Crippen molar-refractivity contribution >= 4 is 5.69 Å². The minimum absolute atomic E-state index is 0.109. The molecule has 1 saturated carbocycles. The maximum absolute atomic E-state index is 13.5. The van der Waals surface area contributed by atoms with E-state index in [1.165, 1.54) is 44.9 Å². The third-order valence-corrected chi connectivity index (χ3v) is 4.33. The topological polar surface area (TPSA) is 12.0 Å². The molecule has 0 bridgehead atoms. The first kappa shape index (κ1) is 14.4. The summed E-state index contributed by atoms with van der Waals surface area (Å²) in [6.07, 6.45) is 9.10. The Bertz CT molecular complexity index is 402. The van der Waals surface area contributed by atoms with Gasteiger partial charge in [-0.05, 0) is 49.8 Å². The van der Waals surface area contributed by atoms with Crippen LogP contribution in [0.25, 0.3) is 0 Å². The predicted octanol–water partition coefficient (Wildman–Crippen LogP) is 5.30. The molecular weight excluding hydrogens is 237 g/mol. The van der Waals surface area contributed by atoms with Gasteiger partial charge in [-0.15, -0.1) is 0 Å². The molecule has 0 aromatic heterocycles. The highest BCUT2D eigenvalue weighted by Crippen LogP contribution is 2.28. The minimum atomic E-state index is -0.109. The van der Waals surface area contributed by atoms with Crippen LogP contribution in [0.4, 0.5) is 10.1 Å². The first-order valence-corrected chi connectivity index (χ1v) is 7.71. The first-order chi connectivity index (χ1) is 9.19. The first-order valence-electron chi connectivity index (χ1n) is 7.71. The maximum atomic E-state index is 13.5. The van der Waals surface area contributed by atoms with Crippen LogP contribution in [0, 0.1) is 18.7 Å². The molecule has 2 atom stereocenters. The Morgan fingerprint density at radius 1 is 1.21 bits per heavy atom. The highest BCUT2D eigenvalue weighted by Gasteiger charge is 2.18. The molecule has 19 heavy (non-hydrogen) atoms. The average molecular weight is 263 g/mol. The van der Waals surface area contributed by atoms with E-state index in [4.69, 9.17) is 0 Å². The third-order valence-electron chi connectivity index (χ3n) is 4.33. The highest BCUT2D eigenvalue weighted by molar-refractivity contribution is 5.45. The van der Waals surface area contributed by atoms with Crippen LogP contribution in [0.3, 0.4) is 0 Å². The lowest BCUT2D eigenvalue weighted by molar-refractivity contribution is 0.422. The van der Waals surface area contributed by atoms with Crippen LogP contribution >= 0.6 is 0 Å². The van der Waals surface area contributed by atoms with Gasteiger partial charge in [-0.3, -0.25) is 0 Å². The van der Waals surface area contributed by atoms with Gasteiger partial charge in [-0.2, -0.15) is 0 Å². The fourth-order valence-electron chi connectivity index (χ4n) is 3.14. The zero-order valence-electron chi connectivity index (χ0n) is 12.2. The zero-order valence-corrected chi connectivity index (χ0v) is 12.2. The molecule has 0 saturated heterocycles. The van der Waals surface area contributed by atoms with Crippen molar-refractivity contribution in [2.45, 2.75) is 64.8 Å². The van der Waals surface area contributed by atoms with Crippen LogP contribution < -0.4 is 5.32 Å². The van der Waals surface area contributed by atoms with Crippen molar-refractivity contribution in [1.82, 2.24) is 0 Å². The monoisotopic (exact) mass is 263 g/mol. The summed E-state index contributed by atoms with van der Waals surface area (Å²) in [5.74, 6) is 0.800. The van der Waals surface area contributed by atoms with E-state index in [-0.39, 0.29) is 5.82 Å². The van der Waals surface area contributed by atoms with Crippen molar-refractivity contribution in [3.8, 4) is 0 Å². The normalized spacial score (nSPS) is 23.9. The van der Waals surface area contributed by atoms with Gasteiger partial charge in [0.05, 0.1) is 0 Å².